The van der Waals surface area contributed by atoms with E-state index in [2.05, 4.69) is 9.97 Å². The Kier molecular flexibility index (Phi) is 2.11. The summed E-state index contributed by atoms with van der Waals surface area (Å²) in [6.45, 7) is 0. The van der Waals surface area contributed by atoms with Crippen molar-refractivity contribution in [1.82, 2.24) is 14.4 Å². The van der Waals surface area contributed by atoms with Crippen LogP contribution in [-0.2, 0) is 5.92 Å². The number of alkyl halides is 5. The van der Waals surface area contributed by atoms with E-state index in [9.17, 15) is 22.0 Å². The third-order valence-electron chi connectivity index (χ3n) is 1.94. The van der Waals surface area contributed by atoms with Crippen LogP contribution in [0.2, 0.25) is 0 Å². The maximum Gasteiger partial charge on any atom is 0.459 e. The van der Waals surface area contributed by atoms with Gasteiger partial charge in [-0.2, -0.15) is 22.0 Å². The van der Waals surface area contributed by atoms with Crippen molar-refractivity contribution < 1.29 is 22.0 Å². The van der Waals surface area contributed by atoms with E-state index in [1.54, 1.807) is 0 Å². The highest BCUT2D eigenvalue weighted by molar-refractivity contribution is 5.39. The van der Waals surface area contributed by atoms with Gasteiger partial charge in [-0.1, -0.05) is 0 Å². The SMILES string of the molecule is FC(F)(F)C(F)(F)c1cn2cnccc2n1. The predicted molar refractivity (Wildman–Crippen MR) is 42.9 cm³/mol. The maximum atomic E-state index is 12.9. The molecule has 86 valence electrons. The minimum absolute atomic E-state index is 0.0195. The number of hydrogen-bond acceptors (Lipinski definition) is 2. The summed E-state index contributed by atoms with van der Waals surface area (Å²) in [5, 5.41) is 0. The van der Waals surface area contributed by atoms with Gasteiger partial charge in [0.05, 0.1) is 0 Å². The van der Waals surface area contributed by atoms with Crippen LogP contribution in [0, 0.1) is 0 Å². The van der Waals surface area contributed by atoms with E-state index < -0.39 is 17.8 Å². The molecule has 0 aliphatic rings. The summed E-state index contributed by atoms with van der Waals surface area (Å²) in [5.41, 5.74) is -1.36. The van der Waals surface area contributed by atoms with Crippen LogP contribution in [0.25, 0.3) is 5.65 Å². The Hall–Kier alpha value is -1.73. The molecule has 0 unspecified atom stereocenters. The van der Waals surface area contributed by atoms with Gasteiger partial charge in [-0.05, 0) is 6.07 Å². The Morgan fingerprint density at radius 2 is 1.81 bits per heavy atom. The highest BCUT2D eigenvalue weighted by atomic mass is 19.4. The lowest BCUT2D eigenvalue weighted by molar-refractivity contribution is -0.290. The van der Waals surface area contributed by atoms with Crippen LogP contribution < -0.4 is 0 Å². The van der Waals surface area contributed by atoms with Crippen molar-refractivity contribution in [3.63, 3.8) is 0 Å². The van der Waals surface area contributed by atoms with Crippen molar-refractivity contribution >= 4 is 5.65 Å². The smallest absolute Gasteiger partial charge is 0.290 e. The Balaban J connectivity index is 2.56. The molecule has 0 N–H and O–H groups in total. The van der Waals surface area contributed by atoms with E-state index in [-0.39, 0.29) is 5.65 Å². The van der Waals surface area contributed by atoms with Crippen LogP contribution in [-0.4, -0.2) is 20.5 Å². The van der Waals surface area contributed by atoms with Crippen LogP contribution >= 0.6 is 0 Å². The van der Waals surface area contributed by atoms with Crippen molar-refractivity contribution in [1.29, 1.82) is 0 Å². The number of aromatic nitrogens is 3. The van der Waals surface area contributed by atoms with Crippen LogP contribution in [0.5, 0.6) is 0 Å². The van der Waals surface area contributed by atoms with Gasteiger partial charge in [0.1, 0.15) is 17.7 Å². The summed E-state index contributed by atoms with van der Waals surface area (Å²) in [7, 11) is 0. The molecule has 0 aromatic carbocycles. The molecule has 2 heterocycles. The zero-order chi connectivity index (χ0) is 12.0. The first-order chi connectivity index (χ1) is 7.32. The van der Waals surface area contributed by atoms with Gasteiger partial charge in [0.2, 0.25) is 0 Å². The molecule has 2 aromatic heterocycles. The van der Waals surface area contributed by atoms with Crippen molar-refractivity contribution in [2.75, 3.05) is 0 Å². The van der Waals surface area contributed by atoms with Crippen LogP contribution in [0.3, 0.4) is 0 Å². The van der Waals surface area contributed by atoms with Gasteiger partial charge >= 0.3 is 12.1 Å². The standard InChI is InChI=1S/C8H4F5N3/c9-7(10,8(11,12)13)5-3-16-4-14-2-1-6(16)15-5/h1-4H. The van der Waals surface area contributed by atoms with E-state index in [0.717, 1.165) is 10.7 Å². The van der Waals surface area contributed by atoms with E-state index in [1.807, 2.05) is 0 Å². The topological polar surface area (TPSA) is 30.2 Å². The number of nitrogens with zero attached hydrogens (tertiary/aromatic N) is 3. The summed E-state index contributed by atoms with van der Waals surface area (Å²) in [6.07, 6.45) is -2.70. The Morgan fingerprint density at radius 1 is 1.12 bits per heavy atom. The second kappa shape index (κ2) is 3.13. The molecule has 0 aliphatic heterocycles. The molecule has 0 saturated carbocycles. The van der Waals surface area contributed by atoms with Gasteiger partial charge in [-0.15, -0.1) is 0 Å². The predicted octanol–water partition coefficient (Wildman–Crippen LogP) is 2.38. The lowest BCUT2D eigenvalue weighted by atomic mass is 10.2. The summed E-state index contributed by atoms with van der Waals surface area (Å²) in [4.78, 5) is 6.77. The molecular formula is C8H4F5N3. The van der Waals surface area contributed by atoms with Crippen molar-refractivity contribution in [3.8, 4) is 0 Å². The fourth-order valence-corrected chi connectivity index (χ4v) is 1.14. The Labute approximate surface area is 85.5 Å². The quantitative estimate of drug-likeness (QED) is 0.713. The summed E-state index contributed by atoms with van der Waals surface area (Å²) >= 11 is 0. The van der Waals surface area contributed by atoms with Crippen LogP contribution in [0.1, 0.15) is 5.69 Å². The first-order valence-corrected chi connectivity index (χ1v) is 4.06. The number of rotatable bonds is 1. The second-order valence-corrected chi connectivity index (χ2v) is 3.04. The fourth-order valence-electron chi connectivity index (χ4n) is 1.14. The van der Waals surface area contributed by atoms with Crippen LogP contribution in [0.4, 0.5) is 22.0 Å². The van der Waals surface area contributed by atoms with Gasteiger partial charge in [0.15, 0.2) is 0 Å². The monoisotopic (exact) mass is 237 g/mol. The average Bonchev–Trinajstić information content (AvgIpc) is 2.59. The molecule has 0 spiro atoms. The largest absolute Gasteiger partial charge is 0.459 e. The van der Waals surface area contributed by atoms with Crippen LogP contribution in [0.15, 0.2) is 24.8 Å². The zero-order valence-corrected chi connectivity index (χ0v) is 7.54. The Bertz CT molecular complexity index is 483. The summed E-state index contributed by atoms with van der Waals surface area (Å²) in [5.74, 6) is -4.96. The first-order valence-electron chi connectivity index (χ1n) is 4.06. The van der Waals surface area contributed by atoms with E-state index in [4.69, 9.17) is 0 Å². The molecule has 16 heavy (non-hydrogen) atoms. The molecule has 0 saturated heterocycles. The number of hydrogen-bond donors (Lipinski definition) is 0. The lowest BCUT2D eigenvalue weighted by Crippen LogP contribution is -2.33. The van der Waals surface area contributed by atoms with E-state index in [0.29, 0.717) is 6.20 Å². The molecule has 2 aromatic rings. The van der Waals surface area contributed by atoms with E-state index in [1.165, 1.54) is 12.3 Å². The maximum absolute atomic E-state index is 12.9. The molecule has 3 nitrogen and oxygen atoms in total. The normalized spacial score (nSPS) is 13.3. The number of fused-ring (bicyclic) bond motifs is 1. The lowest BCUT2D eigenvalue weighted by Gasteiger charge is -2.16. The number of imidazole rings is 1. The minimum Gasteiger partial charge on any atom is -0.290 e. The fraction of sp³-hybridized carbons (Fsp3) is 0.250. The molecule has 0 bridgehead atoms. The van der Waals surface area contributed by atoms with Gasteiger partial charge in [-0.3, -0.25) is 4.40 Å². The molecule has 0 radical (unpaired) electrons. The second-order valence-electron chi connectivity index (χ2n) is 3.04. The first kappa shape index (κ1) is 10.8. The minimum atomic E-state index is -5.65. The molecule has 2 rings (SSSR count). The molecule has 0 atom stereocenters. The van der Waals surface area contributed by atoms with Crippen molar-refractivity contribution in [2.24, 2.45) is 0 Å². The third-order valence-corrected chi connectivity index (χ3v) is 1.94. The van der Waals surface area contributed by atoms with Gasteiger partial charge < -0.3 is 0 Å². The highest BCUT2D eigenvalue weighted by Gasteiger charge is 2.60. The average molecular weight is 237 g/mol. The molecular weight excluding hydrogens is 233 g/mol. The molecule has 8 heteroatoms. The molecule has 0 aliphatic carbocycles. The summed E-state index contributed by atoms with van der Waals surface area (Å²) in [6, 6.07) is 1.23. The third kappa shape index (κ3) is 1.50. The van der Waals surface area contributed by atoms with E-state index >= 15 is 0 Å². The van der Waals surface area contributed by atoms with Gasteiger partial charge in [-0.25, -0.2) is 9.97 Å². The molecule has 0 fully saturated rings. The van der Waals surface area contributed by atoms with Gasteiger partial charge in [0.25, 0.3) is 0 Å². The highest BCUT2D eigenvalue weighted by Crippen LogP contribution is 2.43. The molecule has 0 amide bonds. The Morgan fingerprint density at radius 3 is 2.38 bits per heavy atom. The van der Waals surface area contributed by atoms with Crippen molar-refractivity contribution in [3.05, 3.63) is 30.5 Å². The zero-order valence-electron chi connectivity index (χ0n) is 7.54. The summed E-state index contributed by atoms with van der Waals surface area (Å²) < 4.78 is 62.9. The van der Waals surface area contributed by atoms with Crippen molar-refractivity contribution in [2.45, 2.75) is 12.1 Å². The van der Waals surface area contributed by atoms with Gasteiger partial charge in [0, 0.05) is 12.4 Å². The number of halogens is 5.